The van der Waals surface area contributed by atoms with Gasteiger partial charge < -0.3 is 11.1 Å². The van der Waals surface area contributed by atoms with E-state index in [1.54, 1.807) is 0 Å². The Labute approximate surface area is 64.2 Å². The van der Waals surface area contributed by atoms with E-state index in [1.165, 1.54) is 6.42 Å². The van der Waals surface area contributed by atoms with Crippen LogP contribution in [-0.4, -0.2) is 19.1 Å². The molecule has 0 aromatic carbocycles. The average Bonchev–Trinajstić information content (AvgIpc) is 1.99. The van der Waals surface area contributed by atoms with E-state index in [9.17, 15) is 0 Å². The molecule has 10 heavy (non-hydrogen) atoms. The van der Waals surface area contributed by atoms with Gasteiger partial charge in [-0.3, -0.25) is 0 Å². The summed E-state index contributed by atoms with van der Waals surface area (Å²) in [5.74, 6) is 0.772. The lowest BCUT2D eigenvalue weighted by Gasteiger charge is -2.14. The first kappa shape index (κ1) is 9.92. The summed E-state index contributed by atoms with van der Waals surface area (Å²) in [7, 11) is 0. The standard InChI is InChI=1S/C8H20N2/c1-4-7(2)6-10-8(3)5-9/h7-8,10H,4-6,9H2,1-3H3/t7?,8-/m0/s1. The molecule has 0 aliphatic rings. The van der Waals surface area contributed by atoms with E-state index in [0.717, 1.165) is 19.0 Å². The van der Waals surface area contributed by atoms with Crippen LogP contribution in [0.2, 0.25) is 0 Å². The summed E-state index contributed by atoms with van der Waals surface area (Å²) in [6.07, 6.45) is 1.24. The summed E-state index contributed by atoms with van der Waals surface area (Å²) < 4.78 is 0. The number of nitrogens with two attached hydrogens (primary N) is 1. The molecule has 0 aliphatic heterocycles. The molecule has 0 fully saturated rings. The average molecular weight is 144 g/mol. The number of rotatable bonds is 5. The maximum atomic E-state index is 5.44. The van der Waals surface area contributed by atoms with Crippen molar-refractivity contribution in [1.82, 2.24) is 5.32 Å². The van der Waals surface area contributed by atoms with Crippen LogP contribution >= 0.6 is 0 Å². The van der Waals surface area contributed by atoms with Crippen LogP contribution in [0.1, 0.15) is 27.2 Å². The van der Waals surface area contributed by atoms with E-state index in [4.69, 9.17) is 5.73 Å². The van der Waals surface area contributed by atoms with Gasteiger partial charge in [0.1, 0.15) is 0 Å². The van der Waals surface area contributed by atoms with Gasteiger partial charge in [-0.15, -0.1) is 0 Å². The zero-order valence-electron chi connectivity index (χ0n) is 7.35. The van der Waals surface area contributed by atoms with Crippen LogP contribution in [0, 0.1) is 5.92 Å². The highest BCUT2D eigenvalue weighted by Gasteiger charge is 2.00. The highest BCUT2D eigenvalue weighted by Crippen LogP contribution is 1.97. The van der Waals surface area contributed by atoms with Crippen molar-refractivity contribution < 1.29 is 0 Å². The Morgan fingerprint density at radius 1 is 1.40 bits per heavy atom. The third kappa shape index (κ3) is 4.77. The van der Waals surface area contributed by atoms with Crippen LogP contribution in [0.4, 0.5) is 0 Å². The van der Waals surface area contributed by atoms with Crippen molar-refractivity contribution >= 4 is 0 Å². The van der Waals surface area contributed by atoms with Crippen LogP contribution in [0.15, 0.2) is 0 Å². The predicted octanol–water partition coefficient (Wildman–Crippen LogP) is 0.969. The van der Waals surface area contributed by atoms with Gasteiger partial charge in [0, 0.05) is 12.6 Å². The lowest BCUT2D eigenvalue weighted by Crippen LogP contribution is -2.35. The molecule has 3 N–H and O–H groups in total. The zero-order valence-corrected chi connectivity index (χ0v) is 7.35. The minimum absolute atomic E-state index is 0.467. The fraction of sp³-hybridized carbons (Fsp3) is 1.00. The maximum Gasteiger partial charge on any atom is 0.0162 e. The third-order valence-electron chi connectivity index (χ3n) is 1.87. The minimum Gasteiger partial charge on any atom is -0.329 e. The Hall–Kier alpha value is -0.0800. The van der Waals surface area contributed by atoms with E-state index in [0.29, 0.717) is 6.04 Å². The summed E-state index contributed by atoms with van der Waals surface area (Å²) in [6, 6.07) is 0.467. The van der Waals surface area contributed by atoms with Crippen molar-refractivity contribution in [1.29, 1.82) is 0 Å². The zero-order chi connectivity index (χ0) is 7.98. The van der Waals surface area contributed by atoms with Gasteiger partial charge in [0.2, 0.25) is 0 Å². The van der Waals surface area contributed by atoms with E-state index in [-0.39, 0.29) is 0 Å². The largest absolute Gasteiger partial charge is 0.329 e. The van der Waals surface area contributed by atoms with Gasteiger partial charge in [0.25, 0.3) is 0 Å². The molecule has 2 nitrogen and oxygen atoms in total. The van der Waals surface area contributed by atoms with Crippen LogP contribution in [0.25, 0.3) is 0 Å². The Morgan fingerprint density at radius 2 is 2.00 bits per heavy atom. The molecule has 0 aromatic rings. The SMILES string of the molecule is CCC(C)CN[C@@H](C)CN. The van der Waals surface area contributed by atoms with Crippen molar-refractivity contribution in [3.8, 4) is 0 Å². The molecular weight excluding hydrogens is 124 g/mol. The Morgan fingerprint density at radius 3 is 2.40 bits per heavy atom. The van der Waals surface area contributed by atoms with Crippen LogP contribution in [0.5, 0.6) is 0 Å². The molecule has 0 rings (SSSR count). The Kier molecular flexibility index (Phi) is 5.64. The lowest BCUT2D eigenvalue weighted by atomic mass is 10.1. The molecule has 0 radical (unpaired) electrons. The summed E-state index contributed by atoms with van der Waals surface area (Å²) in [4.78, 5) is 0. The van der Waals surface area contributed by atoms with Gasteiger partial charge >= 0.3 is 0 Å². The number of hydrogen-bond donors (Lipinski definition) is 2. The second-order valence-corrected chi connectivity index (χ2v) is 3.06. The van der Waals surface area contributed by atoms with Crippen LogP contribution < -0.4 is 11.1 Å². The van der Waals surface area contributed by atoms with Crippen molar-refractivity contribution in [2.45, 2.75) is 33.2 Å². The van der Waals surface area contributed by atoms with E-state index in [1.807, 2.05) is 0 Å². The molecule has 0 bridgehead atoms. The van der Waals surface area contributed by atoms with Gasteiger partial charge in [0.05, 0.1) is 0 Å². The number of hydrogen-bond acceptors (Lipinski definition) is 2. The van der Waals surface area contributed by atoms with Crippen LogP contribution in [-0.2, 0) is 0 Å². The smallest absolute Gasteiger partial charge is 0.0162 e. The topological polar surface area (TPSA) is 38.0 Å². The summed E-state index contributed by atoms with van der Waals surface area (Å²) >= 11 is 0. The second-order valence-electron chi connectivity index (χ2n) is 3.06. The van der Waals surface area contributed by atoms with Crippen molar-refractivity contribution in [3.05, 3.63) is 0 Å². The van der Waals surface area contributed by atoms with E-state index < -0.39 is 0 Å². The molecule has 0 aromatic heterocycles. The molecule has 0 saturated heterocycles. The van der Waals surface area contributed by atoms with Gasteiger partial charge in [0.15, 0.2) is 0 Å². The maximum absolute atomic E-state index is 5.44. The van der Waals surface area contributed by atoms with E-state index >= 15 is 0 Å². The lowest BCUT2D eigenvalue weighted by molar-refractivity contribution is 0.456. The molecule has 2 atom stereocenters. The predicted molar refractivity (Wildman–Crippen MR) is 46.0 cm³/mol. The first-order valence-electron chi connectivity index (χ1n) is 4.14. The fourth-order valence-corrected chi connectivity index (χ4v) is 0.630. The second kappa shape index (κ2) is 5.69. The quantitative estimate of drug-likeness (QED) is 0.603. The van der Waals surface area contributed by atoms with Crippen LogP contribution in [0.3, 0.4) is 0 Å². The molecule has 0 saturated carbocycles. The summed E-state index contributed by atoms with van der Waals surface area (Å²) in [6.45, 7) is 8.39. The minimum atomic E-state index is 0.467. The monoisotopic (exact) mass is 144 g/mol. The number of nitrogens with one attached hydrogen (secondary N) is 1. The van der Waals surface area contributed by atoms with Crippen molar-refractivity contribution in [2.24, 2.45) is 11.7 Å². The van der Waals surface area contributed by atoms with Gasteiger partial charge in [-0.1, -0.05) is 20.3 Å². The first-order valence-corrected chi connectivity index (χ1v) is 4.14. The Balaban J connectivity index is 3.17. The van der Waals surface area contributed by atoms with E-state index in [2.05, 4.69) is 26.1 Å². The summed E-state index contributed by atoms with van der Waals surface area (Å²) in [5.41, 5.74) is 5.44. The highest BCUT2D eigenvalue weighted by molar-refractivity contribution is 4.62. The van der Waals surface area contributed by atoms with Gasteiger partial charge in [-0.05, 0) is 19.4 Å². The summed E-state index contributed by atoms with van der Waals surface area (Å²) in [5, 5.41) is 3.36. The fourth-order valence-electron chi connectivity index (χ4n) is 0.630. The molecule has 0 heterocycles. The molecular formula is C8H20N2. The molecule has 0 amide bonds. The third-order valence-corrected chi connectivity index (χ3v) is 1.87. The molecule has 2 heteroatoms. The highest BCUT2D eigenvalue weighted by atomic mass is 14.9. The molecule has 0 aliphatic carbocycles. The Bertz CT molecular complexity index is 63.7. The molecule has 62 valence electrons. The molecule has 0 spiro atoms. The van der Waals surface area contributed by atoms with Gasteiger partial charge in [-0.2, -0.15) is 0 Å². The molecule has 1 unspecified atom stereocenters. The van der Waals surface area contributed by atoms with Crippen molar-refractivity contribution in [3.63, 3.8) is 0 Å². The van der Waals surface area contributed by atoms with Gasteiger partial charge in [-0.25, -0.2) is 0 Å². The van der Waals surface area contributed by atoms with Crippen molar-refractivity contribution in [2.75, 3.05) is 13.1 Å². The normalized spacial score (nSPS) is 16.8. The first-order chi connectivity index (χ1) is 4.70.